The van der Waals surface area contributed by atoms with E-state index in [1.165, 1.54) is 0 Å². The van der Waals surface area contributed by atoms with Crippen molar-refractivity contribution in [3.05, 3.63) is 0 Å². The topological polar surface area (TPSA) is 75.2 Å². The van der Waals surface area contributed by atoms with Gasteiger partial charge in [-0.15, -0.1) is 24.0 Å². The molecule has 1 heterocycles. The van der Waals surface area contributed by atoms with Crippen LogP contribution in [0.15, 0.2) is 4.99 Å². The minimum absolute atomic E-state index is 0. The summed E-state index contributed by atoms with van der Waals surface area (Å²) in [5.41, 5.74) is 0. The Kier molecular flexibility index (Phi) is 12.5. The van der Waals surface area contributed by atoms with E-state index in [9.17, 15) is 4.79 Å². The first-order valence-corrected chi connectivity index (χ1v) is 7.47. The third-order valence-corrected chi connectivity index (χ3v) is 3.21. The number of nitrogens with one attached hydrogen (secondary N) is 2. The predicted octanol–water partition coefficient (Wildman–Crippen LogP) is 0.443. The fraction of sp³-hybridized carbons (Fsp3) is 0.857. The average Bonchev–Trinajstić information content (AvgIpc) is 2.97. The van der Waals surface area contributed by atoms with Crippen LogP contribution in [0.1, 0.15) is 19.3 Å². The Labute approximate surface area is 150 Å². The van der Waals surface area contributed by atoms with Gasteiger partial charge in [0.1, 0.15) is 0 Å². The van der Waals surface area contributed by atoms with Crippen molar-refractivity contribution < 1.29 is 14.3 Å². The van der Waals surface area contributed by atoms with E-state index in [1.54, 1.807) is 26.0 Å². The summed E-state index contributed by atoms with van der Waals surface area (Å²) >= 11 is 0. The van der Waals surface area contributed by atoms with Gasteiger partial charge in [0.15, 0.2) is 5.96 Å². The van der Waals surface area contributed by atoms with Crippen LogP contribution in [0.2, 0.25) is 0 Å². The van der Waals surface area contributed by atoms with Gasteiger partial charge in [-0.1, -0.05) is 0 Å². The zero-order valence-corrected chi connectivity index (χ0v) is 16.1. The van der Waals surface area contributed by atoms with Crippen LogP contribution in [0, 0.1) is 0 Å². The zero-order chi connectivity index (χ0) is 15.5. The molecular formula is C14H29IN4O3. The number of rotatable bonds is 8. The number of hydrogen-bond acceptors (Lipinski definition) is 4. The molecule has 2 N–H and O–H groups in total. The number of guanidine groups is 1. The molecule has 1 amide bonds. The van der Waals surface area contributed by atoms with E-state index in [4.69, 9.17) is 9.47 Å². The van der Waals surface area contributed by atoms with Gasteiger partial charge in [0.05, 0.1) is 12.7 Å². The van der Waals surface area contributed by atoms with Gasteiger partial charge in [0.25, 0.3) is 0 Å². The van der Waals surface area contributed by atoms with Gasteiger partial charge in [-0.2, -0.15) is 0 Å². The number of ether oxygens (including phenoxy) is 2. The average molecular weight is 428 g/mol. The fourth-order valence-corrected chi connectivity index (χ4v) is 1.91. The standard InChI is InChI=1S/C14H28N4O3.HI/c1-15-14(17-8-5-13(19)18(2)3)16-7-4-9-21-12-6-10-20-11-12;/h12H,4-11H2,1-3H3,(H2,15,16,17);1H. The van der Waals surface area contributed by atoms with Gasteiger partial charge < -0.3 is 25.0 Å². The summed E-state index contributed by atoms with van der Waals surface area (Å²) in [4.78, 5) is 17.1. The van der Waals surface area contributed by atoms with Crippen LogP contribution in [0.5, 0.6) is 0 Å². The van der Waals surface area contributed by atoms with Crippen LogP contribution >= 0.6 is 24.0 Å². The molecule has 1 fully saturated rings. The number of hydrogen-bond donors (Lipinski definition) is 2. The van der Waals surface area contributed by atoms with E-state index in [0.29, 0.717) is 18.9 Å². The summed E-state index contributed by atoms with van der Waals surface area (Å²) in [6, 6.07) is 0. The summed E-state index contributed by atoms with van der Waals surface area (Å²) in [5.74, 6) is 0.816. The summed E-state index contributed by atoms with van der Waals surface area (Å²) < 4.78 is 10.9. The molecule has 1 saturated heterocycles. The van der Waals surface area contributed by atoms with Gasteiger partial charge in [0, 0.05) is 53.9 Å². The fourth-order valence-electron chi connectivity index (χ4n) is 1.91. The first-order chi connectivity index (χ1) is 10.1. The lowest BCUT2D eigenvalue weighted by Gasteiger charge is -2.14. The van der Waals surface area contributed by atoms with Crippen molar-refractivity contribution in [1.29, 1.82) is 0 Å². The molecular weight excluding hydrogens is 399 g/mol. The Balaban J connectivity index is 0.00000441. The molecule has 1 aliphatic rings. The molecule has 0 bridgehead atoms. The highest BCUT2D eigenvalue weighted by molar-refractivity contribution is 14.0. The first-order valence-electron chi connectivity index (χ1n) is 7.47. The molecule has 0 spiro atoms. The largest absolute Gasteiger partial charge is 0.379 e. The lowest BCUT2D eigenvalue weighted by molar-refractivity contribution is -0.128. The Morgan fingerprint density at radius 2 is 2.09 bits per heavy atom. The number of carbonyl (C=O) groups is 1. The van der Waals surface area contributed by atoms with Crippen molar-refractivity contribution >= 4 is 35.8 Å². The molecule has 22 heavy (non-hydrogen) atoms. The van der Waals surface area contributed by atoms with E-state index < -0.39 is 0 Å². The second kappa shape index (κ2) is 12.9. The van der Waals surface area contributed by atoms with Crippen molar-refractivity contribution in [3.63, 3.8) is 0 Å². The molecule has 0 radical (unpaired) electrons. The molecule has 7 nitrogen and oxygen atoms in total. The van der Waals surface area contributed by atoms with Crippen molar-refractivity contribution in [2.24, 2.45) is 4.99 Å². The van der Waals surface area contributed by atoms with Crippen LogP contribution in [0.3, 0.4) is 0 Å². The SMILES string of the molecule is CN=C(NCCCOC1CCOC1)NCCC(=O)N(C)C.I. The summed E-state index contributed by atoms with van der Waals surface area (Å²) in [5, 5.41) is 6.32. The van der Waals surface area contributed by atoms with Crippen LogP contribution in [0.25, 0.3) is 0 Å². The minimum atomic E-state index is 0. The molecule has 130 valence electrons. The second-order valence-electron chi connectivity index (χ2n) is 5.17. The molecule has 0 aromatic carbocycles. The van der Waals surface area contributed by atoms with E-state index in [2.05, 4.69) is 15.6 Å². The minimum Gasteiger partial charge on any atom is -0.379 e. The molecule has 0 saturated carbocycles. The van der Waals surface area contributed by atoms with Crippen molar-refractivity contribution in [1.82, 2.24) is 15.5 Å². The van der Waals surface area contributed by atoms with Gasteiger partial charge in [-0.05, 0) is 12.8 Å². The summed E-state index contributed by atoms with van der Waals surface area (Å²) in [6.45, 7) is 3.61. The molecule has 0 aromatic heterocycles. The highest BCUT2D eigenvalue weighted by Gasteiger charge is 2.15. The summed E-state index contributed by atoms with van der Waals surface area (Å²) in [6.07, 6.45) is 2.63. The second-order valence-corrected chi connectivity index (χ2v) is 5.17. The molecule has 1 rings (SSSR count). The van der Waals surface area contributed by atoms with Gasteiger partial charge in [-0.25, -0.2) is 0 Å². The maximum atomic E-state index is 11.4. The maximum absolute atomic E-state index is 11.4. The Morgan fingerprint density at radius 3 is 2.68 bits per heavy atom. The normalized spacial score (nSPS) is 17.8. The lowest BCUT2D eigenvalue weighted by Crippen LogP contribution is -2.39. The third kappa shape index (κ3) is 9.42. The smallest absolute Gasteiger partial charge is 0.223 e. The van der Waals surface area contributed by atoms with Gasteiger partial charge in [0.2, 0.25) is 5.91 Å². The number of halogens is 1. The molecule has 0 aromatic rings. The third-order valence-electron chi connectivity index (χ3n) is 3.21. The van der Waals surface area contributed by atoms with Crippen molar-refractivity contribution in [2.45, 2.75) is 25.4 Å². The molecule has 8 heteroatoms. The van der Waals surface area contributed by atoms with Gasteiger partial charge >= 0.3 is 0 Å². The molecule has 1 unspecified atom stereocenters. The Hall–Kier alpha value is -0.610. The van der Waals surface area contributed by atoms with E-state index in [1.807, 2.05) is 0 Å². The Morgan fingerprint density at radius 1 is 1.36 bits per heavy atom. The lowest BCUT2D eigenvalue weighted by atomic mass is 10.3. The summed E-state index contributed by atoms with van der Waals surface area (Å²) in [7, 11) is 5.23. The molecule has 1 aliphatic heterocycles. The van der Waals surface area contributed by atoms with Crippen LogP contribution in [-0.4, -0.2) is 76.9 Å². The molecule has 1 atom stereocenters. The van der Waals surface area contributed by atoms with Crippen LogP contribution in [-0.2, 0) is 14.3 Å². The quantitative estimate of drug-likeness (QED) is 0.254. The highest BCUT2D eigenvalue weighted by atomic mass is 127. The number of carbonyl (C=O) groups excluding carboxylic acids is 1. The monoisotopic (exact) mass is 428 g/mol. The Bertz CT molecular complexity index is 334. The predicted molar refractivity (Wildman–Crippen MR) is 97.9 cm³/mol. The van der Waals surface area contributed by atoms with E-state index >= 15 is 0 Å². The number of amides is 1. The van der Waals surface area contributed by atoms with E-state index in [-0.39, 0.29) is 36.0 Å². The number of nitrogens with zero attached hydrogens (tertiary/aromatic N) is 2. The van der Waals surface area contributed by atoms with Crippen molar-refractivity contribution in [3.8, 4) is 0 Å². The van der Waals surface area contributed by atoms with Crippen LogP contribution in [0.4, 0.5) is 0 Å². The maximum Gasteiger partial charge on any atom is 0.223 e. The molecule has 0 aliphatic carbocycles. The highest BCUT2D eigenvalue weighted by Crippen LogP contribution is 2.07. The van der Waals surface area contributed by atoms with Crippen molar-refractivity contribution in [2.75, 3.05) is 54.1 Å². The van der Waals surface area contributed by atoms with E-state index in [0.717, 1.165) is 39.2 Å². The first kappa shape index (κ1) is 21.4. The zero-order valence-electron chi connectivity index (χ0n) is 13.8. The van der Waals surface area contributed by atoms with Gasteiger partial charge in [-0.3, -0.25) is 9.79 Å². The number of aliphatic imine (C=N–C) groups is 1. The van der Waals surface area contributed by atoms with Crippen LogP contribution < -0.4 is 10.6 Å².